The second-order valence-corrected chi connectivity index (χ2v) is 20.1. The van der Waals surface area contributed by atoms with E-state index in [2.05, 4.69) is 62.5 Å². The smallest absolute Gasteiger partial charge is 0.472 e. The predicted octanol–water partition coefficient (Wildman–Crippen LogP) is 7.37. The van der Waals surface area contributed by atoms with Gasteiger partial charge in [0.25, 0.3) is 0 Å². The summed E-state index contributed by atoms with van der Waals surface area (Å²) >= 11 is 1.11. The number of carbonyl (C=O) groups is 3. The molecule has 10 N–H and O–H groups in total. The molecule has 0 bridgehead atoms. The molecule has 1 aliphatic carbocycles. The molecule has 0 aromatic rings. The number of allylic oxidation sites excluding steroid dienone is 13. The third-order valence-corrected chi connectivity index (χ3v) is 13.6. The molecule has 11 atom stereocenters. The maximum atomic E-state index is 13.3. The van der Waals surface area contributed by atoms with Crippen LogP contribution in [0.1, 0.15) is 142 Å². The predicted molar refractivity (Wildman–Crippen MR) is 277 cm³/mol. The molecule has 0 amide bonds. The molecule has 19 heteroatoms. The van der Waals surface area contributed by atoms with Crippen molar-refractivity contribution in [1.29, 1.82) is 0 Å². The summed E-state index contributed by atoms with van der Waals surface area (Å²) in [4.78, 5) is 47.7. The Morgan fingerprint density at radius 3 is 1.75 bits per heavy atom. The maximum absolute atomic E-state index is 13.3. The molecule has 0 radical (unpaired) electrons. The summed E-state index contributed by atoms with van der Waals surface area (Å²) in [5.74, 6) is -2.78. The van der Waals surface area contributed by atoms with Crippen LogP contribution < -0.4 is 5.73 Å². The van der Waals surface area contributed by atoms with Gasteiger partial charge in [-0.15, -0.1) is 11.8 Å². The number of nitrogens with two attached hydrogens (primary N) is 1. The van der Waals surface area contributed by atoms with Gasteiger partial charge in [0.05, 0.1) is 12.7 Å². The largest absolute Gasteiger partial charge is 0.481 e. The van der Waals surface area contributed by atoms with Crippen LogP contribution in [0.3, 0.4) is 0 Å². The summed E-state index contributed by atoms with van der Waals surface area (Å²) in [7, 11) is -5.29. The van der Waals surface area contributed by atoms with Gasteiger partial charge in [-0.2, -0.15) is 0 Å². The van der Waals surface area contributed by atoms with E-state index in [-0.39, 0.29) is 31.4 Å². The van der Waals surface area contributed by atoms with Crippen molar-refractivity contribution < 1.29 is 78.1 Å². The first-order valence-electron chi connectivity index (χ1n) is 25.3. The highest BCUT2D eigenvalue weighted by atomic mass is 32.2. The number of phosphoric ester groups is 1. The molecule has 1 rings (SSSR count). The minimum absolute atomic E-state index is 0.0344. The lowest BCUT2D eigenvalue weighted by atomic mass is 9.85. The number of aliphatic hydroxyl groups excluding tert-OH is 6. The lowest BCUT2D eigenvalue weighted by molar-refractivity contribution is -0.220. The fourth-order valence-electron chi connectivity index (χ4n) is 6.95. The van der Waals surface area contributed by atoms with Crippen LogP contribution in [0.2, 0.25) is 0 Å². The third-order valence-electron chi connectivity index (χ3n) is 11.2. The number of esters is 2. The molecule has 1 saturated carbocycles. The van der Waals surface area contributed by atoms with Crippen LogP contribution in [-0.4, -0.2) is 138 Å². The van der Waals surface area contributed by atoms with Gasteiger partial charge in [-0.25, -0.2) is 4.57 Å². The summed E-state index contributed by atoms with van der Waals surface area (Å²) in [6, 6.07) is -1.34. The number of rotatable bonds is 41. The number of ether oxygens (including phenoxy) is 2. The molecule has 1 fully saturated rings. The minimum atomic E-state index is -5.29. The van der Waals surface area contributed by atoms with Gasteiger partial charge in [-0.1, -0.05) is 137 Å². The van der Waals surface area contributed by atoms with E-state index in [9.17, 15) is 54.5 Å². The SMILES string of the molecule is CCCCC/C=C\C\C=C/C=C/C=C/[C@@H](SC[C@H](N)C(=O)O[C@H](COC(=O)CCCCCC/C=C\C/C=C\C/C=C\CCCCC)COP(=O)(O)OC1[C@H](O)[C@H](O)C(O)[C@H](O)[C@H]1O)[C@@H](O)CCCC(=O)O. The molecule has 0 spiro atoms. The number of carbonyl (C=O) groups excluding carboxylic acids is 2. The van der Waals surface area contributed by atoms with Crippen LogP contribution in [0.4, 0.5) is 0 Å². The second kappa shape index (κ2) is 41.2. The maximum Gasteiger partial charge on any atom is 0.472 e. The van der Waals surface area contributed by atoms with Gasteiger partial charge in [-0.3, -0.25) is 23.4 Å². The van der Waals surface area contributed by atoms with Crippen molar-refractivity contribution >= 4 is 37.5 Å². The van der Waals surface area contributed by atoms with E-state index in [4.69, 9.17) is 29.4 Å². The van der Waals surface area contributed by atoms with Gasteiger partial charge in [0.1, 0.15) is 49.3 Å². The molecule has 0 aromatic heterocycles. The molecule has 1 aliphatic rings. The van der Waals surface area contributed by atoms with Crippen LogP contribution in [0, 0.1) is 0 Å². The highest BCUT2D eigenvalue weighted by molar-refractivity contribution is 8.00. The Labute approximate surface area is 426 Å². The number of phosphoric acid groups is 1. The van der Waals surface area contributed by atoms with Crippen LogP contribution in [0.15, 0.2) is 85.1 Å². The van der Waals surface area contributed by atoms with E-state index >= 15 is 0 Å². The number of aliphatic hydroxyl groups is 6. The van der Waals surface area contributed by atoms with Gasteiger partial charge in [-0.05, 0) is 77.0 Å². The number of unbranched alkanes of at least 4 members (excludes halogenated alkanes) is 10. The molecule has 3 unspecified atom stereocenters. The lowest BCUT2D eigenvalue weighted by Crippen LogP contribution is -2.64. The average molecular weight is 1040 g/mol. The minimum Gasteiger partial charge on any atom is -0.481 e. The Kier molecular flexibility index (Phi) is 38.1. The van der Waals surface area contributed by atoms with E-state index in [0.29, 0.717) is 6.42 Å². The fourth-order valence-corrected chi connectivity index (χ4v) is 9.05. The van der Waals surface area contributed by atoms with Crippen LogP contribution in [0.5, 0.6) is 0 Å². The van der Waals surface area contributed by atoms with Crippen molar-refractivity contribution in [3.05, 3.63) is 85.1 Å². The number of carboxylic acids is 1. The fraction of sp³-hybridized carbons (Fsp3) is 0.673. The Balaban J connectivity index is 2.89. The van der Waals surface area contributed by atoms with E-state index in [0.717, 1.165) is 76.0 Å². The molecule has 406 valence electrons. The zero-order chi connectivity index (χ0) is 52.7. The summed E-state index contributed by atoms with van der Waals surface area (Å²) < 4.78 is 33.7. The van der Waals surface area contributed by atoms with E-state index in [1.165, 1.54) is 32.1 Å². The highest BCUT2D eigenvalue weighted by Crippen LogP contribution is 2.47. The first-order valence-corrected chi connectivity index (χ1v) is 27.9. The van der Waals surface area contributed by atoms with Crippen molar-refractivity contribution in [3.63, 3.8) is 0 Å². The van der Waals surface area contributed by atoms with Gasteiger partial charge >= 0.3 is 25.7 Å². The normalized spacial score (nSPS) is 22.6. The number of carboxylic acid groups (broad SMARTS) is 1. The summed E-state index contributed by atoms with van der Waals surface area (Å²) in [5, 5.41) is 70.0. The Morgan fingerprint density at radius 1 is 0.648 bits per heavy atom. The number of thioether (sulfide) groups is 1. The van der Waals surface area contributed by atoms with Crippen molar-refractivity contribution in [3.8, 4) is 0 Å². The number of hydrogen-bond donors (Lipinski definition) is 9. The standard InChI is InChI=1S/C52H86NO16PS/c1-3-5-7-9-11-13-15-17-18-19-20-21-23-25-27-29-31-36-45(57)66-37-40(38-67-70(64,65)69-51-49(61)47(59)46(58)48(60)50(51)62)68-52(63)41(53)39-71-43(42(54)33-32-35-44(55)56)34-30-28-26-24-22-16-14-12-10-8-6-4-2/h11-14,17-18,20-22,24,26,28,30,34,40-43,46-51,54,58-62H,3-10,15-16,19,23,25,27,29,31-33,35-39,53H2,1-2H3,(H,55,56)(H,64,65)/b13-11-,14-12-,18-17-,21-20-,24-22-,28-26+,34-30+/t40-,41+,42+,43-,46?,47-,48+,49-,50-,51?/m1/s1. The van der Waals surface area contributed by atoms with E-state index < -0.39 is 99.1 Å². The van der Waals surface area contributed by atoms with E-state index in [1.54, 1.807) is 18.2 Å². The van der Waals surface area contributed by atoms with Gasteiger partial charge in [0, 0.05) is 23.8 Å². The van der Waals surface area contributed by atoms with Crippen molar-refractivity contribution in [2.75, 3.05) is 19.0 Å². The van der Waals surface area contributed by atoms with Crippen molar-refractivity contribution in [2.24, 2.45) is 5.73 Å². The molecule has 17 nitrogen and oxygen atoms in total. The first kappa shape index (κ1) is 65.8. The molecule has 0 saturated heterocycles. The van der Waals surface area contributed by atoms with Crippen LogP contribution in [-0.2, 0) is 37.5 Å². The van der Waals surface area contributed by atoms with Gasteiger partial charge in [0.15, 0.2) is 6.10 Å². The molecule has 71 heavy (non-hydrogen) atoms. The molecule has 0 aliphatic heterocycles. The molecule has 0 aromatic carbocycles. The highest BCUT2D eigenvalue weighted by Gasteiger charge is 2.51. The third kappa shape index (κ3) is 32.5. The Morgan fingerprint density at radius 2 is 1.17 bits per heavy atom. The molecular weight excluding hydrogens is 958 g/mol. The zero-order valence-electron chi connectivity index (χ0n) is 41.9. The monoisotopic (exact) mass is 1040 g/mol. The van der Waals surface area contributed by atoms with Crippen LogP contribution >= 0.6 is 19.6 Å². The molecular formula is C52H86NO16PS. The summed E-state index contributed by atoms with van der Waals surface area (Å²) in [5.41, 5.74) is 6.21. The van der Waals surface area contributed by atoms with Crippen molar-refractivity contribution in [1.82, 2.24) is 0 Å². The zero-order valence-corrected chi connectivity index (χ0v) is 43.6. The Bertz CT molecular complexity index is 1690. The van der Waals surface area contributed by atoms with E-state index in [1.807, 2.05) is 18.2 Å². The van der Waals surface area contributed by atoms with Crippen molar-refractivity contribution in [2.45, 2.75) is 202 Å². The summed E-state index contributed by atoms with van der Waals surface area (Å²) in [6.07, 6.45) is 29.4. The topological polar surface area (TPSA) is 293 Å². The quantitative estimate of drug-likeness (QED) is 0.00949. The Hall–Kier alpha value is -3.23. The average Bonchev–Trinajstić information content (AvgIpc) is 3.34. The van der Waals surface area contributed by atoms with Crippen LogP contribution in [0.25, 0.3) is 0 Å². The second-order valence-electron chi connectivity index (χ2n) is 17.5. The first-order chi connectivity index (χ1) is 34.0. The van der Waals surface area contributed by atoms with Gasteiger partial charge in [0.2, 0.25) is 0 Å². The lowest BCUT2D eigenvalue weighted by Gasteiger charge is -2.41. The number of hydrogen-bond acceptors (Lipinski definition) is 16. The number of aliphatic carboxylic acids is 1. The molecule has 0 heterocycles. The van der Waals surface area contributed by atoms with Gasteiger partial charge < -0.3 is 55.8 Å². The summed E-state index contributed by atoms with van der Waals surface area (Å²) in [6.45, 7) is 2.79.